The van der Waals surface area contributed by atoms with Crippen molar-refractivity contribution in [3.8, 4) is 6.07 Å². The number of imidazole rings is 1. The molecule has 1 aliphatic rings. The lowest BCUT2D eigenvalue weighted by atomic mass is 10.2. The van der Waals surface area contributed by atoms with Crippen molar-refractivity contribution in [2.45, 2.75) is 24.4 Å². The molecule has 3 heterocycles. The maximum atomic E-state index is 12.3. The van der Waals surface area contributed by atoms with Gasteiger partial charge in [0.1, 0.15) is 6.07 Å². The normalized spacial score (nSPS) is 18.4. The van der Waals surface area contributed by atoms with Crippen LogP contribution in [-0.2, 0) is 14.6 Å². The quantitative estimate of drug-likeness (QED) is 0.656. The van der Waals surface area contributed by atoms with Gasteiger partial charge in [-0.05, 0) is 37.1 Å². The van der Waals surface area contributed by atoms with Crippen molar-refractivity contribution in [1.29, 1.82) is 5.26 Å². The zero-order valence-electron chi connectivity index (χ0n) is 15.2. The molecule has 1 aromatic carbocycles. The highest BCUT2D eigenvalue weighted by atomic mass is 32.2. The van der Waals surface area contributed by atoms with Crippen LogP contribution >= 0.6 is 11.8 Å². The SMILES string of the molecule is Cc1cc(SCC(=O)NC2CCS(=O)(=O)C2)n2c(nc3ccccc32)c1C#N. The van der Waals surface area contributed by atoms with E-state index in [0.717, 1.165) is 21.6 Å². The first-order valence-corrected chi connectivity index (χ1v) is 11.6. The van der Waals surface area contributed by atoms with E-state index in [-0.39, 0.29) is 29.2 Å². The van der Waals surface area contributed by atoms with Crippen LogP contribution in [-0.4, -0.2) is 47.0 Å². The predicted octanol–water partition coefficient (Wildman–Crippen LogP) is 2.06. The number of para-hydroxylation sites is 2. The molecule has 2 aromatic heterocycles. The van der Waals surface area contributed by atoms with Gasteiger partial charge in [-0.2, -0.15) is 5.26 Å². The molecule has 1 N–H and O–H groups in total. The maximum absolute atomic E-state index is 12.3. The summed E-state index contributed by atoms with van der Waals surface area (Å²) in [5.74, 6) is 0.0903. The minimum atomic E-state index is -3.03. The molecular formula is C19H18N4O3S2. The number of fused-ring (bicyclic) bond motifs is 3. The second-order valence-electron chi connectivity index (χ2n) is 6.87. The fraction of sp³-hybridized carbons (Fsp3) is 0.316. The van der Waals surface area contributed by atoms with E-state index in [4.69, 9.17) is 0 Å². The minimum Gasteiger partial charge on any atom is -0.352 e. The lowest BCUT2D eigenvalue weighted by Crippen LogP contribution is -2.36. The van der Waals surface area contributed by atoms with Crippen LogP contribution in [0.1, 0.15) is 17.5 Å². The van der Waals surface area contributed by atoms with Crippen LogP contribution in [0.5, 0.6) is 0 Å². The molecule has 28 heavy (non-hydrogen) atoms. The predicted molar refractivity (Wildman–Crippen MR) is 108 cm³/mol. The molecule has 4 rings (SSSR count). The summed E-state index contributed by atoms with van der Waals surface area (Å²) in [4.78, 5) is 16.9. The topological polar surface area (TPSA) is 104 Å². The first kappa shape index (κ1) is 18.8. The van der Waals surface area contributed by atoms with Crippen LogP contribution in [0.3, 0.4) is 0 Å². The van der Waals surface area contributed by atoms with E-state index in [0.29, 0.717) is 17.6 Å². The summed E-state index contributed by atoms with van der Waals surface area (Å²) in [6.45, 7) is 1.85. The highest BCUT2D eigenvalue weighted by Gasteiger charge is 2.28. The summed E-state index contributed by atoms with van der Waals surface area (Å²) < 4.78 is 25.0. The molecule has 144 valence electrons. The molecule has 1 aliphatic heterocycles. The average Bonchev–Trinajstić information content (AvgIpc) is 3.19. The summed E-state index contributed by atoms with van der Waals surface area (Å²) in [5, 5.41) is 13.1. The molecule has 7 nitrogen and oxygen atoms in total. The molecule has 0 spiro atoms. The summed E-state index contributed by atoms with van der Waals surface area (Å²) in [6.07, 6.45) is 0.463. The molecule has 0 aliphatic carbocycles. The molecular weight excluding hydrogens is 396 g/mol. The Morgan fingerprint density at radius 1 is 1.43 bits per heavy atom. The Balaban J connectivity index is 1.62. The molecule has 9 heteroatoms. The molecule has 1 fully saturated rings. The van der Waals surface area contributed by atoms with Gasteiger partial charge in [0, 0.05) is 6.04 Å². The number of carbonyl (C=O) groups excluding carboxylic acids is 1. The number of nitrogens with one attached hydrogen (secondary N) is 1. The Hall–Kier alpha value is -2.57. The number of aryl methyl sites for hydroxylation is 1. The second kappa shape index (κ2) is 7.11. The first-order chi connectivity index (χ1) is 13.4. The smallest absolute Gasteiger partial charge is 0.230 e. The summed E-state index contributed by atoms with van der Waals surface area (Å²) >= 11 is 1.35. The Morgan fingerprint density at radius 3 is 2.93 bits per heavy atom. The fourth-order valence-corrected chi connectivity index (χ4v) is 6.09. The number of rotatable bonds is 4. The zero-order valence-corrected chi connectivity index (χ0v) is 16.8. The van der Waals surface area contributed by atoms with Gasteiger partial charge in [-0.25, -0.2) is 13.4 Å². The molecule has 1 saturated heterocycles. The largest absolute Gasteiger partial charge is 0.352 e. The molecule has 1 unspecified atom stereocenters. The van der Waals surface area contributed by atoms with E-state index in [1.807, 2.05) is 41.7 Å². The molecule has 0 saturated carbocycles. The van der Waals surface area contributed by atoms with E-state index in [2.05, 4.69) is 16.4 Å². The van der Waals surface area contributed by atoms with Gasteiger partial charge >= 0.3 is 0 Å². The molecule has 0 bridgehead atoms. The van der Waals surface area contributed by atoms with E-state index >= 15 is 0 Å². The standard InChI is InChI=1S/C19H18N4O3S2/c1-12-8-18(27-10-17(24)21-13-6-7-28(25,26)11-13)23-16-5-3-2-4-15(16)22-19(23)14(12)9-20/h2-5,8,13H,6-7,10-11H2,1H3,(H,21,24). The van der Waals surface area contributed by atoms with E-state index in [9.17, 15) is 18.5 Å². The fourth-order valence-electron chi connectivity index (χ4n) is 3.48. The average molecular weight is 415 g/mol. The Kier molecular flexibility index (Phi) is 4.77. The zero-order chi connectivity index (χ0) is 19.9. The number of aromatic nitrogens is 2. The summed E-state index contributed by atoms with van der Waals surface area (Å²) in [5.41, 5.74) is 3.55. The van der Waals surface area contributed by atoms with Gasteiger partial charge in [0.15, 0.2) is 15.5 Å². The van der Waals surface area contributed by atoms with Gasteiger partial charge in [0.2, 0.25) is 5.91 Å². The second-order valence-corrected chi connectivity index (χ2v) is 10.1. The third-order valence-corrected chi connectivity index (χ3v) is 7.57. The van der Waals surface area contributed by atoms with Crippen molar-refractivity contribution >= 4 is 44.2 Å². The minimum absolute atomic E-state index is 0.00971. The van der Waals surface area contributed by atoms with Gasteiger partial charge in [0.25, 0.3) is 0 Å². The van der Waals surface area contributed by atoms with Gasteiger partial charge < -0.3 is 5.32 Å². The van der Waals surface area contributed by atoms with Crippen molar-refractivity contribution in [3.63, 3.8) is 0 Å². The molecule has 0 radical (unpaired) electrons. The van der Waals surface area contributed by atoms with E-state index in [1.165, 1.54) is 11.8 Å². The molecule has 1 amide bonds. The number of hydrogen-bond donors (Lipinski definition) is 1. The molecule has 3 aromatic rings. The number of nitriles is 1. The summed E-state index contributed by atoms with van der Waals surface area (Å²) in [7, 11) is -3.03. The van der Waals surface area contributed by atoms with Crippen molar-refractivity contribution < 1.29 is 13.2 Å². The third kappa shape index (κ3) is 3.45. The van der Waals surface area contributed by atoms with Gasteiger partial charge in [-0.3, -0.25) is 9.20 Å². The number of benzene rings is 1. The number of pyridine rings is 1. The van der Waals surface area contributed by atoms with Gasteiger partial charge in [0.05, 0.1) is 38.9 Å². The number of amides is 1. The maximum Gasteiger partial charge on any atom is 0.230 e. The van der Waals surface area contributed by atoms with Crippen LogP contribution < -0.4 is 5.32 Å². The number of nitrogens with zero attached hydrogens (tertiary/aromatic N) is 3. The Labute approximate surface area is 166 Å². The van der Waals surface area contributed by atoms with E-state index < -0.39 is 9.84 Å². The van der Waals surface area contributed by atoms with Crippen molar-refractivity contribution in [2.24, 2.45) is 0 Å². The van der Waals surface area contributed by atoms with Crippen LogP contribution in [0.25, 0.3) is 16.7 Å². The monoisotopic (exact) mass is 414 g/mol. The van der Waals surface area contributed by atoms with Gasteiger partial charge in [-0.1, -0.05) is 23.9 Å². The Bertz CT molecular complexity index is 1240. The van der Waals surface area contributed by atoms with Crippen molar-refractivity contribution in [3.05, 3.63) is 41.5 Å². The third-order valence-electron chi connectivity index (χ3n) is 4.80. The van der Waals surface area contributed by atoms with Crippen LogP contribution in [0.15, 0.2) is 35.4 Å². The van der Waals surface area contributed by atoms with Crippen LogP contribution in [0.4, 0.5) is 0 Å². The van der Waals surface area contributed by atoms with Gasteiger partial charge in [-0.15, -0.1) is 0 Å². The van der Waals surface area contributed by atoms with Crippen LogP contribution in [0.2, 0.25) is 0 Å². The van der Waals surface area contributed by atoms with E-state index in [1.54, 1.807) is 0 Å². The lowest BCUT2D eigenvalue weighted by Gasteiger charge is -2.12. The first-order valence-electron chi connectivity index (χ1n) is 8.81. The highest BCUT2D eigenvalue weighted by molar-refractivity contribution is 7.99. The number of carbonyl (C=O) groups is 1. The Morgan fingerprint density at radius 2 is 2.21 bits per heavy atom. The van der Waals surface area contributed by atoms with Crippen molar-refractivity contribution in [1.82, 2.24) is 14.7 Å². The van der Waals surface area contributed by atoms with Crippen LogP contribution in [0, 0.1) is 18.3 Å². The highest BCUT2D eigenvalue weighted by Crippen LogP contribution is 2.29. The molecule has 1 atom stereocenters. The summed E-state index contributed by atoms with van der Waals surface area (Å²) in [6, 6.07) is 11.4. The number of thioether (sulfide) groups is 1. The number of sulfone groups is 1. The lowest BCUT2D eigenvalue weighted by molar-refractivity contribution is -0.119. The van der Waals surface area contributed by atoms with Crippen molar-refractivity contribution in [2.75, 3.05) is 17.3 Å². The number of hydrogen-bond acceptors (Lipinski definition) is 6.